The fourth-order valence-corrected chi connectivity index (χ4v) is 0.978. The molecule has 0 fully saturated rings. The van der Waals surface area contributed by atoms with Crippen LogP contribution in [0.15, 0.2) is 0 Å². The van der Waals surface area contributed by atoms with Crippen molar-refractivity contribution >= 4 is 10.1 Å². The molecule has 0 radical (unpaired) electrons. The molecular formula is C7H19NaO4S. The summed E-state index contributed by atoms with van der Waals surface area (Å²) in [6.07, 6.45) is 0.471. The van der Waals surface area contributed by atoms with Crippen molar-refractivity contribution in [3.05, 3.63) is 0 Å². The predicted octanol–water partition coefficient (Wildman–Crippen LogP) is -1.56. The van der Waals surface area contributed by atoms with E-state index in [2.05, 4.69) is 0 Å². The minimum Gasteiger partial charge on any atom is -1.00 e. The summed E-state index contributed by atoms with van der Waals surface area (Å²) in [5.74, 6) is -0.132. The Labute approximate surface area is 105 Å². The zero-order chi connectivity index (χ0) is 10.0. The molecule has 0 saturated heterocycles. The van der Waals surface area contributed by atoms with Gasteiger partial charge in [0.25, 0.3) is 10.1 Å². The van der Waals surface area contributed by atoms with Crippen LogP contribution < -0.4 is 29.6 Å². The summed E-state index contributed by atoms with van der Waals surface area (Å²) >= 11 is 0. The molecule has 0 unspecified atom stereocenters. The Morgan fingerprint density at radius 1 is 1.23 bits per heavy atom. The Hall–Kier alpha value is 0.870. The topological polar surface area (TPSA) is 63.6 Å². The van der Waals surface area contributed by atoms with Crippen molar-refractivity contribution in [2.75, 3.05) is 19.0 Å². The fourth-order valence-electron chi connectivity index (χ4n) is 0.462. The summed E-state index contributed by atoms with van der Waals surface area (Å²) in [6.45, 7) is 7.35. The molecule has 0 spiro atoms. The second kappa shape index (κ2) is 12.9. The number of hydrogen-bond donors (Lipinski definition) is 1. The molecular weight excluding hydrogens is 203 g/mol. The van der Waals surface area contributed by atoms with Gasteiger partial charge in [-0.2, -0.15) is 8.42 Å². The zero-order valence-electron chi connectivity index (χ0n) is 9.91. The summed E-state index contributed by atoms with van der Waals surface area (Å²) in [6, 6.07) is 0. The van der Waals surface area contributed by atoms with Gasteiger partial charge in [-0.25, -0.2) is 0 Å². The molecule has 0 amide bonds. The molecule has 0 aliphatic heterocycles. The van der Waals surface area contributed by atoms with E-state index >= 15 is 0 Å². The Morgan fingerprint density at radius 3 is 1.62 bits per heavy atom. The van der Waals surface area contributed by atoms with E-state index in [1.807, 2.05) is 13.8 Å². The Balaban J connectivity index is -0.0000000651. The third-order valence-corrected chi connectivity index (χ3v) is 1.79. The van der Waals surface area contributed by atoms with Crippen molar-refractivity contribution in [2.24, 2.45) is 0 Å². The third kappa shape index (κ3) is 32.2. The van der Waals surface area contributed by atoms with E-state index in [4.69, 9.17) is 9.29 Å². The first-order chi connectivity index (χ1) is 5.47. The summed E-state index contributed by atoms with van der Waals surface area (Å²) in [4.78, 5) is 0. The summed E-state index contributed by atoms with van der Waals surface area (Å²) < 4.78 is 32.4. The zero-order valence-corrected chi connectivity index (χ0v) is 11.7. The van der Waals surface area contributed by atoms with Gasteiger partial charge in [-0.05, 0) is 20.3 Å². The van der Waals surface area contributed by atoms with Crippen molar-refractivity contribution in [1.29, 1.82) is 0 Å². The van der Waals surface area contributed by atoms with Gasteiger partial charge in [0.05, 0.1) is 5.75 Å². The molecule has 0 saturated carbocycles. The van der Waals surface area contributed by atoms with Crippen LogP contribution in [0, 0.1) is 0 Å². The van der Waals surface area contributed by atoms with Crippen LogP contribution in [0.25, 0.3) is 0 Å². The van der Waals surface area contributed by atoms with Crippen molar-refractivity contribution in [2.45, 2.75) is 27.2 Å². The summed E-state index contributed by atoms with van der Waals surface area (Å²) in [5.41, 5.74) is 0. The quantitative estimate of drug-likeness (QED) is 0.462. The SMILES string of the molecule is CCCS(=O)(=O)O.CCOCC.[H-].[Na+]. The average molecular weight is 222 g/mol. The van der Waals surface area contributed by atoms with Crippen molar-refractivity contribution in [3.63, 3.8) is 0 Å². The largest absolute Gasteiger partial charge is 1.00 e. The minimum atomic E-state index is -3.67. The van der Waals surface area contributed by atoms with Crippen molar-refractivity contribution < 1.29 is 48.7 Å². The van der Waals surface area contributed by atoms with Gasteiger partial charge in [-0.1, -0.05) is 6.92 Å². The molecule has 0 aliphatic carbocycles. The van der Waals surface area contributed by atoms with Crippen LogP contribution in [0.5, 0.6) is 0 Å². The molecule has 1 N–H and O–H groups in total. The second-order valence-electron chi connectivity index (χ2n) is 2.07. The maximum Gasteiger partial charge on any atom is 1.00 e. The first-order valence-electron chi connectivity index (χ1n) is 4.00. The maximum absolute atomic E-state index is 9.79. The molecule has 0 aromatic heterocycles. The molecule has 0 aliphatic rings. The van der Waals surface area contributed by atoms with Gasteiger partial charge in [-0.15, -0.1) is 0 Å². The summed E-state index contributed by atoms with van der Waals surface area (Å²) in [7, 11) is -3.67. The molecule has 6 heteroatoms. The first-order valence-corrected chi connectivity index (χ1v) is 5.61. The van der Waals surface area contributed by atoms with Gasteiger partial charge in [0.2, 0.25) is 0 Å². The van der Waals surface area contributed by atoms with Crippen molar-refractivity contribution in [1.82, 2.24) is 0 Å². The van der Waals surface area contributed by atoms with Crippen molar-refractivity contribution in [3.8, 4) is 0 Å². The molecule has 0 atom stereocenters. The number of ether oxygens (including phenoxy) is 1. The van der Waals surface area contributed by atoms with Gasteiger partial charge in [0, 0.05) is 13.2 Å². The van der Waals surface area contributed by atoms with E-state index in [-0.39, 0.29) is 36.7 Å². The van der Waals surface area contributed by atoms with E-state index in [1.165, 1.54) is 0 Å². The Morgan fingerprint density at radius 2 is 1.62 bits per heavy atom. The average Bonchev–Trinajstić information content (AvgIpc) is 1.87. The molecule has 13 heavy (non-hydrogen) atoms. The van der Waals surface area contributed by atoms with Gasteiger partial charge < -0.3 is 6.16 Å². The molecule has 0 aromatic carbocycles. The van der Waals surface area contributed by atoms with Crippen LogP contribution in [-0.4, -0.2) is 31.9 Å². The smallest absolute Gasteiger partial charge is 1.00 e. The second-order valence-corrected chi connectivity index (χ2v) is 3.64. The van der Waals surface area contributed by atoms with Gasteiger partial charge in [0.1, 0.15) is 0 Å². The van der Waals surface area contributed by atoms with Crippen LogP contribution in [0.4, 0.5) is 0 Å². The van der Waals surface area contributed by atoms with Gasteiger partial charge in [0.15, 0.2) is 0 Å². The Kier molecular flexibility index (Phi) is 19.2. The first kappa shape index (κ1) is 19.4. The van der Waals surface area contributed by atoms with E-state index in [9.17, 15) is 8.42 Å². The molecule has 78 valence electrons. The molecule has 4 nitrogen and oxygen atoms in total. The monoisotopic (exact) mass is 222 g/mol. The van der Waals surface area contributed by atoms with Crippen LogP contribution in [0.1, 0.15) is 28.6 Å². The van der Waals surface area contributed by atoms with E-state index in [0.717, 1.165) is 13.2 Å². The van der Waals surface area contributed by atoms with Crippen LogP contribution in [0.2, 0.25) is 0 Å². The van der Waals surface area contributed by atoms with E-state index in [1.54, 1.807) is 6.92 Å². The molecule has 0 bridgehead atoms. The molecule has 0 aromatic rings. The third-order valence-electron chi connectivity index (χ3n) is 0.870. The van der Waals surface area contributed by atoms with Crippen LogP contribution >= 0.6 is 0 Å². The van der Waals surface area contributed by atoms with Gasteiger partial charge >= 0.3 is 29.6 Å². The maximum atomic E-state index is 9.79. The van der Waals surface area contributed by atoms with Gasteiger partial charge in [-0.3, -0.25) is 4.55 Å². The predicted molar refractivity (Wildman–Crippen MR) is 50.0 cm³/mol. The van der Waals surface area contributed by atoms with Crippen LogP contribution in [-0.2, 0) is 14.9 Å². The normalized spacial score (nSPS) is 9.54. The van der Waals surface area contributed by atoms with E-state index < -0.39 is 10.1 Å². The number of rotatable bonds is 4. The van der Waals surface area contributed by atoms with E-state index in [0.29, 0.717) is 6.42 Å². The number of hydrogen-bond acceptors (Lipinski definition) is 3. The Bertz CT molecular complexity index is 171. The van der Waals surface area contributed by atoms with Crippen LogP contribution in [0.3, 0.4) is 0 Å². The molecule has 0 rings (SSSR count). The molecule has 0 heterocycles. The minimum absolute atomic E-state index is 0. The fraction of sp³-hybridized carbons (Fsp3) is 1.00. The standard InChI is InChI=1S/C4H10O.C3H8O3S.Na.H/c1-3-5-4-2;1-2-3-7(4,5)6;;/h3-4H2,1-2H3;2-3H2,1H3,(H,4,5,6);;/q;;+1;-1. The summed E-state index contributed by atoms with van der Waals surface area (Å²) in [5, 5.41) is 0.